The van der Waals surface area contributed by atoms with Crippen LogP contribution in [0.2, 0.25) is 0 Å². The minimum Gasteiger partial charge on any atom is -0.207 e. The molecule has 2 aliphatic rings. The quantitative estimate of drug-likeness (QED) is 0.647. The molecular formula is C14H17F. The third-order valence-corrected chi connectivity index (χ3v) is 4.36. The fourth-order valence-corrected chi connectivity index (χ4v) is 3.49. The van der Waals surface area contributed by atoms with E-state index in [1.807, 2.05) is 13.0 Å². The predicted octanol–water partition coefficient (Wildman–Crippen LogP) is 4.04. The minimum absolute atomic E-state index is 0.0322. The lowest BCUT2D eigenvalue weighted by molar-refractivity contribution is 0.418. The van der Waals surface area contributed by atoms with Crippen molar-refractivity contribution < 1.29 is 4.39 Å². The van der Waals surface area contributed by atoms with Crippen molar-refractivity contribution in [3.63, 3.8) is 0 Å². The van der Waals surface area contributed by atoms with Gasteiger partial charge in [-0.3, -0.25) is 0 Å². The van der Waals surface area contributed by atoms with Crippen molar-refractivity contribution in [2.75, 3.05) is 0 Å². The monoisotopic (exact) mass is 204 g/mol. The third-order valence-electron chi connectivity index (χ3n) is 4.36. The number of aryl methyl sites for hydroxylation is 1. The molecule has 0 saturated heterocycles. The van der Waals surface area contributed by atoms with Crippen LogP contribution in [0.25, 0.3) is 0 Å². The zero-order valence-corrected chi connectivity index (χ0v) is 9.17. The molecule has 0 amide bonds. The van der Waals surface area contributed by atoms with Crippen LogP contribution in [0.4, 0.5) is 4.39 Å². The van der Waals surface area contributed by atoms with Crippen molar-refractivity contribution in [3.8, 4) is 0 Å². The number of hydrogen-bond donors (Lipinski definition) is 0. The fraction of sp³-hybridized carbons (Fsp3) is 0.571. The molecule has 2 fully saturated rings. The Bertz CT molecular complexity index is 383. The Morgan fingerprint density at radius 3 is 2.67 bits per heavy atom. The molecule has 0 aliphatic heterocycles. The van der Waals surface area contributed by atoms with Crippen molar-refractivity contribution in [2.24, 2.45) is 11.8 Å². The van der Waals surface area contributed by atoms with Crippen LogP contribution in [-0.2, 0) is 0 Å². The highest BCUT2D eigenvalue weighted by Crippen LogP contribution is 2.52. The van der Waals surface area contributed by atoms with E-state index in [0.29, 0.717) is 5.92 Å². The van der Waals surface area contributed by atoms with Crippen molar-refractivity contribution in [1.82, 2.24) is 0 Å². The summed E-state index contributed by atoms with van der Waals surface area (Å²) in [6, 6.07) is 5.82. The summed E-state index contributed by atoms with van der Waals surface area (Å²) >= 11 is 0. The molecular weight excluding hydrogens is 187 g/mol. The van der Waals surface area contributed by atoms with Crippen LogP contribution in [0.5, 0.6) is 0 Å². The molecule has 0 spiro atoms. The summed E-state index contributed by atoms with van der Waals surface area (Å²) in [6.45, 7) is 1.83. The first kappa shape index (κ1) is 9.38. The standard InChI is InChI=1S/C14H17F/c1-9-2-4-12(8-14(9)15)13-7-10-3-5-11(13)6-10/h2,4,8,10-11,13H,3,5-7H2,1H3. The lowest BCUT2D eigenvalue weighted by atomic mass is 9.83. The maximum Gasteiger partial charge on any atom is 0.126 e. The van der Waals surface area contributed by atoms with Crippen LogP contribution in [0.15, 0.2) is 18.2 Å². The van der Waals surface area contributed by atoms with Crippen LogP contribution in [0, 0.1) is 24.6 Å². The Labute approximate surface area is 90.5 Å². The van der Waals surface area contributed by atoms with E-state index in [-0.39, 0.29) is 5.82 Å². The molecule has 0 radical (unpaired) electrons. The minimum atomic E-state index is -0.0322. The van der Waals surface area contributed by atoms with Crippen LogP contribution >= 0.6 is 0 Å². The van der Waals surface area contributed by atoms with Gasteiger partial charge in [0, 0.05) is 0 Å². The van der Waals surface area contributed by atoms with Gasteiger partial charge in [-0.2, -0.15) is 0 Å². The summed E-state index contributed by atoms with van der Waals surface area (Å²) in [7, 11) is 0. The topological polar surface area (TPSA) is 0 Å². The SMILES string of the molecule is Cc1ccc(C2CC3CCC2C3)cc1F. The average Bonchev–Trinajstić information content (AvgIpc) is 2.83. The van der Waals surface area contributed by atoms with Crippen LogP contribution in [0.1, 0.15) is 42.7 Å². The van der Waals surface area contributed by atoms with E-state index in [9.17, 15) is 4.39 Å². The molecule has 1 aromatic rings. The second-order valence-electron chi connectivity index (χ2n) is 5.29. The molecule has 3 unspecified atom stereocenters. The number of benzene rings is 1. The lowest BCUT2D eigenvalue weighted by Gasteiger charge is -2.22. The van der Waals surface area contributed by atoms with E-state index < -0.39 is 0 Å². The molecule has 80 valence electrons. The molecule has 1 heteroatoms. The van der Waals surface area contributed by atoms with Crippen LogP contribution < -0.4 is 0 Å². The van der Waals surface area contributed by atoms with Gasteiger partial charge in [-0.05, 0) is 61.1 Å². The highest BCUT2D eigenvalue weighted by atomic mass is 19.1. The summed E-state index contributed by atoms with van der Waals surface area (Å²) in [5.74, 6) is 2.40. The van der Waals surface area contributed by atoms with Crippen molar-refractivity contribution in [3.05, 3.63) is 35.1 Å². The molecule has 2 aliphatic carbocycles. The highest BCUT2D eigenvalue weighted by Gasteiger charge is 2.40. The second-order valence-corrected chi connectivity index (χ2v) is 5.29. The van der Waals surface area contributed by atoms with Crippen LogP contribution in [-0.4, -0.2) is 0 Å². The Balaban J connectivity index is 1.90. The smallest absolute Gasteiger partial charge is 0.126 e. The molecule has 0 N–H and O–H groups in total. The first-order valence-electron chi connectivity index (χ1n) is 6.00. The fourth-order valence-electron chi connectivity index (χ4n) is 3.49. The number of halogens is 1. The molecule has 0 aromatic heterocycles. The number of fused-ring (bicyclic) bond motifs is 2. The molecule has 0 nitrogen and oxygen atoms in total. The van der Waals surface area contributed by atoms with E-state index in [0.717, 1.165) is 17.4 Å². The van der Waals surface area contributed by atoms with Gasteiger partial charge in [0.05, 0.1) is 0 Å². The maximum absolute atomic E-state index is 13.5. The Morgan fingerprint density at radius 2 is 2.07 bits per heavy atom. The lowest BCUT2D eigenvalue weighted by Crippen LogP contribution is -2.08. The van der Waals surface area contributed by atoms with Crippen molar-refractivity contribution >= 4 is 0 Å². The molecule has 3 atom stereocenters. The molecule has 2 saturated carbocycles. The largest absolute Gasteiger partial charge is 0.207 e. The zero-order valence-electron chi connectivity index (χ0n) is 9.17. The number of rotatable bonds is 1. The second kappa shape index (κ2) is 3.33. The van der Waals surface area contributed by atoms with E-state index in [1.165, 1.54) is 31.2 Å². The Morgan fingerprint density at radius 1 is 1.20 bits per heavy atom. The van der Waals surface area contributed by atoms with Gasteiger partial charge in [-0.15, -0.1) is 0 Å². The van der Waals surface area contributed by atoms with Crippen molar-refractivity contribution in [1.29, 1.82) is 0 Å². The van der Waals surface area contributed by atoms with E-state index in [2.05, 4.69) is 6.07 Å². The first-order valence-corrected chi connectivity index (χ1v) is 6.00. The molecule has 15 heavy (non-hydrogen) atoms. The van der Waals surface area contributed by atoms with Gasteiger partial charge < -0.3 is 0 Å². The van der Waals surface area contributed by atoms with Gasteiger partial charge in [0.2, 0.25) is 0 Å². The predicted molar refractivity (Wildman–Crippen MR) is 59.3 cm³/mol. The maximum atomic E-state index is 13.5. The molecule has 3 rings (SSSR count). The van der Waals surface area contributed by atoms with E-state index in [4.69, 9.17) is 0 Å². The average molecular weight is 204 g/mol. The van der Waals surface area contributed by atoms with Gasteiger partial charge in [-0.25, -0.2) is 4.39 Å². The Kier molecular flexibility index (Phi) is 2.08. The van der Waals surface area contributed by atoms with Crippen LogP contribution in [0.3, 0.4) is 0 Å². The normalized spacial score (nSPS) is 33.6. The summed E-state index contributed by atoms with van der Waals surface area (Å²) in [6.07, 6.45) is 5.47. The molecule has 2 bridgehead atoms. The Hall–Kier alpha value is -0.850. The van der Waals surface area contributed by atoms with Gasteiger partial charge in [0.1, 0.15) is 5.82 Å². The zero-order chi connectivity index (χ0) is 10.4. The van der Waals surface area contributed by atoms with Gasteiger partial charge in [-0.1, -0.05) is 18.6 Å². The summed E-state index contributed by atoms with van der Waals surface area (Å²) in [4.78, 5) is 0. The molecule has 1 aromatic carbocycles. The highest BCUT2D eigenvalue weighted by molar-refractivity contribution is 5.28. The summed E-state index contributed by atoms with van der Waals surface area (Å²) < 4.78 is 13.5. The number of hydrogen-bond acceptors (Lipinski definition) is 0. The van der Waals surface area contributed by atoms with Gasteiger partial charge >= 0.3 is 0 Å². The molecule has 0 heterocycles. The first-order chi connectivity index (χ1) is 7.24. The van der Waals surface area contributed by atoms with E-state index in [1.54, 1.807) is 6.07 Å². The van der Waals surface area contributed by atoms with Gasteiger partial charge in [0.25, 0.3) is 0 Å². The van der Waals surface area contributed by atoms with E-state index >= 15 is 0 Å². The third kappa shape index (κ3) is 1.49. The summed E-state index contributed by atoms with van der Waals surface area (Å²) in [5, 5.41) is 0. The van der Waals surface area contributed by atoms with Gasteiger partial charge in [0.15, 0.2) is 0 Å². The summed E-state index contributed by atoms with van der Waals surface area (Å²) in [5.41, 5.74) is 2.01. The van der Waals surface area contributed by atoms with Crippen molar-refractivity contribution in [2.45, 2.75) is 38.5 Å².